The summed E-state index contributed by atoms with van der Waals surface area (Å²) in [5.41, 5.74) is 0.507. The Bertz CT molecular complexity index is 525. The Morgan fingerprint density at radius 2 is 2.12 bits per heavy atom. The van der Waals surface area contributed by atoms with E-state index in [0.717, 1.165) is 0 Å². The molecule has 0 atom stereocenters. The van der Waals surface area contributed by atoms with E-state index in [1.54, 1.807) is 23.7 Å². The fourth-order valence-electron chi connectivity index (χ4n) is 1.39. The molecule has 1 aromatic carbocycles. The molecule has 0 unspecified atom stereocenters. The third-order valence-electron chi connectivity index (χ3n) is 2.28. The molecule has 0 aliphatic heterocycles. The van der Waals surface area contributed by atoms with Gasteiger partial charge >= 0.3 is 0 Å². The Morgan fingerprint density at radius 1 is 1.38 bits per heavy atom. The van der Waals surface area contributed by atoms with Crippen molar-refractivity contribution in [1.82, 2.24) is 14.8 Å². The summed E-state index contributed by atoms with van der Waals surface area (Å²) >= 11 is 11.5. The van der Waals surface area contributed by atoms with Crippen molar-refractivity contribution >= 4 is 23.2 Å². The topological polar surface area (TPSA) is 30.7 Å². The maximum atomic E-state index is 13.3. The summed E-state index contributed by atoms with van der Waals surface area (Å²) in [6, 6.07) is 4.56. The van der Waals surface area contributed by atoms with Gasteiger partial charge in [0.15, 0.2) is 5.82 Å². The third kappa shape index (κ3) is 1.79. The van der Waals surface area contributed by atoms with Gasteiger partial charge in [0.1, 0.15) is 11.6 Å². The van der Waals surface area contributed by atoms with E-state index in [0.29, 0.717) is 17.2 Å². The van der Waals surface area contributed by atoms with Crippen LogP contribution in [0, 0.1) is 5.82 Å². The fraction of sp³-hybridized carbons (Fsp3) is 0.200. The number of hydrogen-bond acceptors (Lipinski definition) is 2. The van der Waals surface area contributed by atoms with Crippen LogP contribution < -0.4 is 0 Å². The van der Waals surface area contributed by atoms with Crippen LogP contribution in [0.3, 0.4) is 0 Å². The molecule has 1 aromatic heterocycles. The predicted octanol–water partition coefficient (Wildman–Crippen LogP) is 3.01. The van der Waals surface area contributed by atoms with Gasteiger partial charge < -0.3 is 4.57 Å². The molecule has 2 rings (SSSR count). The lowest BCUT2D eigenvalue weighted by Gasteiger charge is -2.04. The monoisotopic (exact) mass is 259 g/mol. The van der Waals surface area contributed by atoms with Crippen molar-refractivity contribution in [3.63, 3.8) is 0 Å². The largest absolute Gasteiger partial charge is 0.313 e. The van der Waals surface area contributed by atoms with Crippen molar-refractivity contribution < 1.29 is 4.39 Å². The van der Waals surface area contributed by atoms with Gasteiger partial charge in [-0.05, 0) is 12.1 Å². The highest BCUT2D eigenvalue weighted by Crippen LogP contribution is 2.28. The average molecular weight is 260 g/mol. The van der Waals surface area contributed by atoms with Crippen molar-refractivity contribution in [2.24, 2.45) is 7.05 Å². The van der Waals surface area contributed by atoms with Crippen LogP contribution in [0.5, 0.6) is 0 Å². The van der Waals surface area contributed by atoms with Crippen LogP contribution in [0.4, 0.5) is 4.39 Å². The van der Waals surface area contributed by atoms with Crippen LogP contribution in [0.15, 0.2) is 18.2 Å². The summed E-state index contributed by atoms with van der Waals surface area (Å²) in [5.74, 6) is 0.878. The highest BCUT2D eigenvalue weighted by atomic mass is 35.5. The van der Waals surface area contributed by atoms with E-state index in [1.165, 1.54) is 6.07 Å². The molecule has 16 heavy (non-hydrogen) atoms. The summed E-state index contributed by atoms with van der Waals surface area (Å²) in [5, 5.41) is 7.86. The first-order valence-electron chi connectivity index (χ1n) is 4.53. The Morgan fingerprint density at radius 3 is 2.75 bits per heavy atom. The smallest absolute Gasteiger partial charge is 0.165 e. The molecule has 0 radical (unpaired) electrons. The molecule has 0 bridgehead atoms. The molecule has 0 fully saturated rings. The first-order chi connectivity index (χ1) is 7.65. The van der Waals surface area contributed by atoms with E-state index in [-0.39, 0.29) is 10.9 Å². The van der Waals surface area contributed by atoms with Crippen LogP contribution in [0.1, 0.15) is 5.82 Å². The number of hydrogen-bond donors (Lipinski definition) is 0. The quantitative estimate of drug-likeness (QED) is 0.777. The van der Waals surface area contributed by atoms with Gasteiger partial charge in [0.25, 0.3) is 0 Å². The summed E-state index contributed by atoms with van der Waals surface area (Å²) in [4.78, 5) is 0. The molecular formula is C10H8Cl2FN3. The SMILES string of the molecule is Cn1c(CCl)nnc1-c1cccc(F)c1Cl. The predicted molar refractivity (Wildman–Crippen MR) is 61.0 cm³/mol. The molecule has 0 amide bonds. The zero-order valence-corrected chi connectivity index (χ0v) is 9.93. The van der Waals surface area contributed by atoms with E-state index in [1.807, 2.05) is 0 Å². The molecule has 1 heterocycles. The molecule has 2 aromatic rings. The highest BCUT2D eigenvalue weighted by molar-refractivity contribution is 6.33. The molecule has 3 nitrogen and oxygen atoms in total. The van der Waals surface area contributed by atoms with E-state index in [4.69, 9.17) is 23.2 Å². The molecular weight excluding hydrogens is 252 g/mol. The first-order valence-corrected chi connectivity index (χ1v) is 5.45. The second kappa shape index (κ2) is 4.39. The molecule has 0 spiro atoms. The number of aromatic nitrogens is 3. The number of benzene rings is 1. The highest BCUT2D eigenvalue weighted by Gasteiger charge is 2.14. The van der Waals surface area contributed by atoms with Crippen LogP contribution in [-0.4, -0.2) is 14.8 Å². The van der Waals surface area contributed by atoms with Crippen molar-refractivity contribution in [1.29, 1.82) is 0 Å². The van der Waals surface area contributed by atoms with E-state index in [9.17, 15) is 4.39 Å². The van der Waals surface area contributed by atoms with Crippen molar-refractivity contribution in [2.45, 2.75) is 5.88 Å². The lowest BCUT2D eigenvalue weighted by molar-refractivity contribution is 0.628. The number of halogens is 3. The van der Waals surface area contributed by atoms with Crippen LogP contribution >= 0.6 is 23.2 Å². The van der Waals surface area contributed by atoms with Gasteiger partial charge in [-0.2, -0.15) is 0 Å². The minimum Gasteiger partial charge on any atom is -0.313 e. The molecule has 0 aliphatic rings. The van der Waals surface area contributed by atoms with Gasteiger partial charge in [0.2, 0.25) is 0 Å². The van der Waals surface area contributed by atoms with E-state index >= 15 is 0 Å². The minimum atomic E-state index is -0.477. The third-order valence-corrected chi connectivity index (χ3v) is 2.90. The number of nitrogens with zero attached hydrogens (tertiary/aromatic N) is 3. The van der Waals surface area contributed by atoms with Crippen LogP contribution in [0.25, 0.3) is 11.4 Å². The zero-order valence-electron chi connectivity index (χ0n) is 8.41. The summed E-state index contributed by atoms with van der Waals surface area (Å²) in [6.45, 7) is 0. The molecule has 0 saturated carbocycles. The summed E-state index contributed by atoms with van der Waals surface area (Å²) in [6.07, 6.45) is 0. The Hall–Kier alpha value is -1.13. The Balaban J connectivity index is 2.59. The van der Waals surface area contributed by atoms with E-state index in [2.05, 4.69) is 10.2 Å². The molecule has 6 heteroatoms. The fourth-order valence-corrected chi connectivity index (χ4v) is 1.83. The van der Waals surface area contributed by atoms with Crippen molar-refractivity contribution in [3.8, 4) is 11.4 Å². The summed E-state index contributed by atoms with van der Waals surface area (Å²) < 4.78 is 15.0. The molecule has 0 aliphatic carbocycles. The normalized spacial score (nSPS) is 10.8. The van der Waals surface area contributed by atoms with Gasteiger partial charge in [0.05, 0.1) is 10.9 Å². The van der Waals surface area contributed by atoms with E-state index < -0.39 is 5.82 Å². The standard InChI is InChI=1S/C10H8Cl2FN3/c1-16-8(5-11)14-15-10(16)6-3-2-4-7(13)9(6)12/h2-4H,5H2,1H3. The minimum absolute atomic E-state index is 0.0409. The number of alkyl halides is 1. The maximum absolute atomic E-state index is 13.3. The van der Waals surface area contributed by atoms with Crippen LogP contribution in [-0.2, 0) is 12.9 Å². The van der Waals surface area contributed by atoms with Gasteiger partial charge in [-0.1, -0.05) is 17.7 Å². The Kier molecular flexibility index (Phi) is 3.12. The average Bonchev–Trinajstić information content (AvgIpc) is 2.64. The second-order valence-corrected chi connectivity index (χ2v) is 3.88. The van der Waals surface area contributed by atoms with Crippen LogP contribution in [0.2, 0.25) is 5.02 Å². The van der Waals surface area contributed by atoms with Gasteiger partial charge in [0, 0.05) is 12.6 Å². The summed E-state index contributed by atoms with van der Waals surface area (Å²) in [7, 11) is 1.76. The molecule has 0 N–H and O–H groups in total. The number of rotatable bonds is 2. The van der Waals surface area contributed by atoms with Gasteiger partial charge in [-0.25, -0.2) is 4.39 Å². The first kappa shape index (κ1) is 11.4. The molecule has 84 valence electrons. The maximum Gasteiger partial charge on any atom is 0.165 e. The lowest BCUT2D eigenvalue weighted by Crippen LogP contribution is -1.98. The zero-order chi connectivity index (χ0) is 11.7. The van der Waals surface area contributed by atoms with Crippen molar-refractivity contribution in [3.05, 3.63) is 34.9 Å². The Labute approximate surface area is 102 Å². The van der Waals surface area contributed by atoms with Crippen molar-refractivity contribution in [2.75, 3.05) is 0 Å². The van der Waals surface area contributed by atoms with Gasteiger partial charge in [-0.15, -0.1) is 21.8 Å². The molecule has 0 saturated heterocycles. The van der Waals surface area contributed by atoms with Gasteiger partial charge in [-0.3, -0.25) is 0 Å². The lowest BCUT2D eigenvalue weighted by atomic mass is 10.2. The second-order valence-electron chi connectivity index (χ2n) is 3.23.